The fraction of sp³-hybridized carbons (Fsp3) is 0.583. The Balaban J connectivity index is 2.19. The van der Waals surface area contributed by atoms with Gasteiger partial charge in [-0.05, 0) is 19.4 Å². The molecule has 1 aromatic rings. The molecule has 1 aromatic heterocycles. The molecule has 2 unspecified atom stereocenters. The van der Waals surface area contributed by atoms with Crippen LogP contribution < -0.4 is 0 Å². The van der Waals surface area contributed by atoms with Gasteiger partial charge in [-0.2, -0.15) is 0 Å². The summed E-state index contributed by atoms with van der Waals surface area (Å²) in [4.78, 5) is 12.7. The van der Waals surface area contributed by atoms with Crippen LogP contribution >= 0.6 is 0 Å². The van der Waals surface area contributed by atoms with Crippen LogP contribution in [0.4, 0.5) is 0 Å². The van der Waals surface area contributed by atoms with Crippen molar-refractivity contribution in [3.8, 4) is 0 Å². The van der Waals surface area contributed by atoms with Crippen LogP contribution in [0.5, 0.6) is 0 Å². The van der Waals surface area contributed by atoms with Crippen LogP contribution in [0.1, 0.15) is 24.9 Å². The van der Waals surface area contributed by atoms with E-state index in [9.17, 15) is 13.2 Å². The largest absolute Gasteiger partial charge is 0.480 e. The van der Waals surface area contributed by atoms with Crippen molar-refractivity contribution in [1.82, 2.24) is 4.90 Å². The molecule has 1 N–H and O–H groups in total. The molecular formula is C12H17NO5S. The van der Waals surface area contributed by atoms with Crippen molar-refractivity contribution in [3.63, 3.8) is 0 Å². The predicted molar refractivity (Wildman–Crippen MR) is 68.5 cm³/mol. The lowest BCUT2D eigenvalue weighted by Gasteiger charge is -2.31. The molecule has 1 fully saturated rings. The maximum Gasteiger partial charge on any atom is 0.317 e. The van der Waals surface area contributed by atoms with Crippen molar-refractivity contribution in [2.75, 3.05) is 18.1 Å². The van der Waals surface area contributed by atoms with Crippen molar-refractivity contribution in [3.05, 3.63) is 24.2 Å². The van der Waals surface area contributed by atoms with Crippen LogP contribution in [0.15, 0.2) is 23.0 Å². The first-order chi connectivity index (χ1) is 8.89. The number of aliphatic carboxylic acids is 1. The Labute approximate surface area is 111 Å². The summed E-state index contributed by atoms with van der Waals surface area (Å²) in [5, 5.41) is 9.01. The first-order valence-electron chi connectivity index (χ1n) is 6.09. The van der Waals surface area contributed by atoms with Crippen LogP contribution in [0.2, 0.25) is 0 Å². The minimum absolute atomic E-state index is 0.0302. The number of carboxylic acid groups (broad SMARTS) is 1. The molecule has 1 aliphatic rings. The number of rotatable bonds is 5. The summed E-state index contributed by atoms with van der Waals surface area (Å²) in [5.41, 5.74) is 0.852. The van der Waals surface area contributed by atoms with Crippen molar-refractivity contribution in [2.24, 2.45) is 0 Å². The third-order valence-electron chi connectivity index (χ3n) is 3.52. The molecule has 2 heterocycles. The quantitative estimate of drug-likeness (QED) is 0.866. The van der Waals surface area contributed by atoms with E-state index in [1.807, 2.05) is 6.92 Å². The van der Waals surface area contributed by atoms with E-state index in [2.05, 4.69) is 0 Å². The first kappa shape index (κ1) is 14.1. The maximum absolute atomic E-state index is 11.5. The summed E-state index contributed by atoms with van der Waals surface area (Å²) < 4.78 is 28.1. The average molecular weight is 287 g/mol. The zero-order valence-electron chi connectivity index (χ0n) is 10.7. The number of carboxylic acids is 1. The highest BCUT2D eigenvalue weighted by Gasteiger charge is 2.35. The van der Waals surface area contributed by atoms with Gasteiger partial charge in [-0.3, -0.25) is 9.69 Å². The summed E-state index contributed by atoms with van der Waals surface area (Å²) in [7, 11) is -3.04. The first-order valence-corrected chi connectivity index (χ1v) is 7.91. The smallest absolute Gasteiger partial charge is 0.317 e. The van der Waals surface area contributed by atoms with Gasteiger partial charge in [0.2, 0.25) is 0 Å². The highest BCUT2D eigenvalue weighted by Crippen LogP contribution is 2.27. The Hall–Kier alpha value is -1.34. The van der Waals surface area contributed by atoms with E-state index in [0.29, 0.717) is 6.42 Å². The number of sulfone groups is 1. The molecule has 0 aromatic carbocycles. The molecule has 0 amide bonds. The molecule has 2 rings (SSSR count). The summed E-state index contributed by atoms with van der Waals surface area (Å²) >= 11 is 0. The van der Waals surface area contributed by atoms with Gasteiger partial charge in [0.15, 0.2) is 9.84 Å². The van der Waals surface area contributed by atoms with E-state index in [1.54, 1.807) is 17.2 Å². The summed E-state index contributed by atoms with van der Waals surface area (Å²) in [5.74, 6) is -0.798. The SMILES string of the molecule is CC(c1ccoc1)N(CC(=O)O)C1CCS(=O)(=O)C1. The van der Waals surface area contributed by atoms with E-state index in [-0.39, 0.29) is 30.1 Å². The summed E-state index contributed by atoms with van der Waals surface area (Å²) in [6.45, 7) is 1.69. The Kier molecular flexibility index (Phi) is 3.96. The lowest BCUT2D eigenvalue weighted by Crippen LogP contribution is -2.41. The van der Waals surface area contributed by atoms with Crippen molar-refractivity contribution < 1.29 is 22.7 Å². The van der Waals surface area contributed by atoms with Gasteiger partial charge in [-0.25, -0.2) is 8.42 Å². The molecule has 7 heteroatoms. The molecule has 0 bridgehead atoms. The van der Waals surface area contributed by atoms with Crippen LogP contribution in [0.25, 0.3) is 0 Å². The predicted octanol–water partition coefficient (Wildman–Crippen LogP) is 0.914. The van der Waals surface area contributed by atoms with Gasteiger partial charge < -0.3 is 9.52 Å². The minimum Gasteiger partial charge on any atom is -0.480 e. The van der Waals surface area contributed by atoms with Crippen molar-refractivity contribution >= 4 is 15.8 Å². The van der Waals surface area contributed by atoms with Gasteiger partial charge in [0.05, 0.1) is 30.6 Å². The molecule has 0 radical (unpaired) electrons. The third-order valence-corrected chi connectivity index (χ3v) is 5.27. The van der Waals surface area contributed by atoms with Crippen LogP contribution in [-0.4, -0.2) is 48.5 Å². The molecular weight excluding hydrogens is 270 g/mol. The maximum atomic E-state index is 11.5. The van der Waals surface area contributed by atoms with E-state index >= 15 is 0 Å². The highest BCUT2D eigenvalue weighted by atomic mass is 32.2. The molecule has 2 atom stereocenters. The van der Waals surface area contributed by atoms with Crippen LogP contribution in [-0.2, 0) is 14.6 Å². The molecule has 106 valence electrons. The van der Waals surface area contributed by atoms with Gasteiger partial charge >= 0.3 is 5.97 Å². The molecule has 1 aliphatic heterocycles. The Morgan fingerprint density at radius 3 is 2.84 bits per heavy atom. The molecule has 6 nitrogen and oxygen atoms in total. The van der Waals surface area contributed by atoms with Crippen LogP contribution in [0.3, 0.4) is 0 Å². The molecule has 1 saturated heterocycles. The van der Waals surface area contributed by atoms with E-state index < -0.39 is 15.8 Å². The lowest BCUT2D eigenvalue weighted by molar-refractivity contribution is -0.139. The van der Waals surface area contributed by atoms with Gasteiger partial charge in [0.1, 0.15) is 0 Å². The van der Waals surface area contributed by atoms with E-state index in [1.165, 1.54) is 6.26 Å². The zero-order chi connectivity index (χ0) is 14.0. The average Bonchev–Trinajstić information content (AvgIpc) is 2.94. The summed E-state index contributed by atoms with van der Waals surface area (Å²) in [6, 6.07) is 1.34. The molecule has 0 spiro atoms. The Bertz CT molecular complexity index is 536. The molecule has 19 heavy (non-hydrogen) atoms. The van der Waals surface area contributed by atoms with Gasteiger partial charge in [-0.15, -0.1) is 0 Å². The topological polar surface area (TPSA) is 87.8 Å². The molecule has 0 aliphatic carbocycles. The van der Waals surface area contributed by atoms with Gasteiger partial charge in [0, 0.05) is 17.6 Å². The Morgan fingerprint density at radius 2 is 2.37 bits per heavy atom. The minimum atomic E-state index is -3.04. The number of furan rings is 1. The lowest BCUT2D eigenvalue weighted by atomic mass is 10.1. The molecule has 0 saturated carbocycles. The number of hydrogen-bond donors (Lipinski definition) is 1. The Morgan fingerprint density at radius 1 is 1.63 bits per heavy atom. The van der Waals surface area contributed by atoms with Gasteiger partial charge in [-0.1, -0.05) is 0 Å². The number of carbonyl (C=O) groups is 1. The highest BCUT2D eigenvalue weighted by molar-refractivity contribution is 7.91. The number of hydrogen-bond acceptors (Lipinski definition) is 5. The second-order valence-corrected chi connectivity index (χ2v) is 7.08. The third kappa shape index (κ3) is 3.36. The van der Waals surface area contributed by atoms with Crippen molar-refractivity contribution in [2.45, 2.75) is 25.4 Å². The normalized spacial score (nSPS) is 23.6. The van der Waals surface area contributed by atoms with E-state index in [0.717, 1.165) is 5.56 Å². The fourth-order valence-corrected chi connectivity index (χ4v) is 4.22. The zero-order valence-corrected chi connectivity index (χ0v) is 11.5. The fourth-order valence-electron chi connectivity index (χ4n) is 2.48. The van der Waals surface area contributed by atoms with E-state index in [4.69, 9.17) is 9.52 Å². The number of nitrogens with zero attached hydrogens (tertiary/aromatic N) is 1. The van der Waals surface area contributed by atoms with Crippen LogP contribution in [0, 0.1) is 0 Å². The second-order valence-electron chi connectivity index (χ2n) is 4.86. The standard InChI is InChI=1S/C12H17NO5S/c1-9(10-2-4-18-7-10)13(6-12(14)15)11-3-5-19(16,17)8-11/h2,4,7,9,11H,3,5-6,8H2,1H3,(H,14,15). The summed E-state index contributed by atoms with van der Waals surface area (Å²) in [6.07, 6.45) is 3.57. The monoisotopic (exact) mass is 287 g/mol. The second kappa shape index (κ2) is 5.34. The van der Waals surface area contributed by atoms with Gasteiger partial charge in [0.25, 0.3) is 0 Å². The van der Waals surface area contributed by atoms with Crippen molar-refractivity contribution in [1.29, 1.82) is 0 Å².